The van der Waals surface area contributed by atoms with Crippen molar-refractivity contribution in [3.05, 3.63) is 29.8 Å². The normalized spacial score (nSPS) is 12.1. The van der Waals surface area contributed by atoms with E-state index in [-0.39, 0.29) is 12.1 Å². The number of rotatable bonds is 25. The zero-order valence-corrected chi connectivity index (χ0v) is 23.9. The summed E-state index contributed by atoms with van der Waals surface area (Å²) in [6, 6.07) is 8.04. The van der Waals surface area contributed by atoms with Gasteiger partial charge in [0.25, 0.3) is 0 Å². The van der Waals surface area contributed by atoms with Crippen LogP contribution in [0.1, 0.15) is 161 Å². The number of ether oxygens (including phenoxy) is 1. The van der Waals surface area contributed by atoms with E-state index in [0.717, 1.165) is 44.9 Å². The fourth-order valence-electron chi connectivity index (χ4n) is 4.89. The fraction of sp³-hybridized carbons (Fsp3) is 0.788. The Balaban J connectivity index is 2.01. The minimum atomic E-state index is -0.180. The molecular formula is C33H58O3. The number of hydrogen-bond acceptors (Lipinski definition) is 3. The number of hydrogen-bond donors (Lipinski definition) is 1. The molecule has 0 heterocycles. The number of carbonyl (C=O) groups is 1. The number of benzene rings is 1. The SMILES string of the molecule is CCCCCCCCCCCC(O)CCCCCC(=O)Oc1cccc(CCCCCCCCC)c1. The second-order valence-electron chi connectivity index (χ2n) is 10.9. The van der Waals surface area contributed by atoms with E-state index >= 15 is 0 Å². The van der Waals surface area contributed by atoms with Gasteiger partial charge < -0.3 is 9.84 Å². The summed E-state index contributed by atoms with van der Waals surface area (Å²) in [7, 11) is 0. The highest BCUT2D eigenvalue weighted by atomic mass is 16.5. The van der Waals surface area contributed by atoms with Crippen LogP contribution in [0.2, 0.25) is 0 Å². The van der Waals surface area contributed by atoms with Crippen LogP contribution in [0.15, 0.2) is 24.3 Å². The number of carbonyl (C=O) groups excluding carboxylic acids is 1. The average Bonchev–Trinajstić information content (AvgIpc) is 2.87. The van der Waals surface area contributed by atoms with Gasteiger partial charge in [-0.2, -0.15) is 0 Å². The molecule has 1 rings (SSSR count). The van der Waals surface area contributed by atoms with Crippen molar-refractivity contribution in [2.24, 2.45) is 0 Å². The van der Waals surface area contributed by atoms with Crippen LogP contribution in [0.5, 0.6) is 5.75 Å². The Bertz CT molecular complexity index is 627. The molecule has 0 saturated carbocycles. The van der Waals surface area contributed by atoms with E-state index in [0.29, 0.717) is 12.2 Å². The first-order chi connectivity index (χ1) is 17.7. The monoisotopic (exact) mass is 502 g/mol. The third kappa shape index (κ3) is 19.8. The molecule has 0 aliphatic carbocycles. The van der Waals surface area contributed by atoms with Crippen LogP contribution in [0.25, 0.3) is 0 Å². The van der Waals surface area contributed by atoms with Crippen LogP contribution in [0.4, 0.5) is 0 Å². The summed E-state index contributed by atoms with van der Waals surface area (Å²) < 4.78 is 5.58. The van der Waals surface area contributed by atoms with E-state index in [1.165, 1.54) is 102 Å². The molecule has 1 unspecified atom stereocenters. The van der Waals surface area contributed by atoms with Crippen LogP contribution in [0, 0.1) is 0 Å². The molecule has 1 aromatic rings. The molecule has 1 aromatic carbocycles. The smallest absolute Gasteiger partial charge is 0.311 e. The van der Waals surface area contributed by atoms with Crippen molar-refractivity contribution in [3.63, 3.8) is 0 Å². The van der Waals surface area contributed by atoms with Gasteiger partial charge in [-0.3, -0.25) is 4.79 Å². The van der Waals surface area contributed by atoms with Gasteiger partial charge in [-0.15, -0.1) is 0 Å². The Morgan fingerprint density at radius 2 is 1.19 bits per heavy atom. The van der Waals surface area contributed by atoms with Crippen molar-refractivity contribution in [2.45, 2.75) is 168 Å². The molecule has 1 N–H and O–H groups in total. The number of unbranched alkanes of at least 4 members (excludes halogenated alkanes) is 16. The lowest BCUT2D eigenvalue weighted by molar-refractivity contribution is -0.134. The molecule has 0 aliphatic rings. The first kappa shape index (κ1) is 32.7. The molecule has 3 nitrogen and oxygen atoms in total. The fourth-order valence-corrected chi connectivity index (χ4v) is 4.89. The lowest BCUT2D eigenvalue weighted by Gasteiger charge is -2.10. The minimum Gasteiger partial charge on any atom is -0.427 e. The predicted octanol–water partition coefficient (Wildman–Crippen LogP) is 10.1. The number of aliphatic hydroxyl groups excluding tert-OH is 1. The summed E-state index contributed by atoms with van der Waals surface area (Å²) in [6.07, 6.45) is 27.0. The second-order valence-corrected chi connectivity index (χ2v) is 10.9. The molecule has 0 saturated heterocycles. The number of aliphatic hydroxyl groups is 1. The first-order valence-corrected chi connectivity index (χ1v) is 15.6. The topological polar surface area (TPSA) is 46.5 Å². The van der Waals surface area contributed by atoms with Gasteiger partial charge >= 0.3 is 5.97 Å². The van der Waals surface area contributed by atoms with Gasteiger partial charge in [0.15, 0.2) is 0 Å². The van der Waals surface area contributed by atoms with Gasteiger partial charge in [0.05, 0.1) is 6.10 Å². The van der Waals surface area contributed by atoms with Gasteiger partial charge in [0.2, 0.25) is 0 Å². The average molecular weight is 503 g/mol. The lowest BCUT2D eigenvalue weighted by Crippen LogP contribution is -2.08. The molecule has 208 valence electrons. The Kier molecular flexibility index (Phi) is 21.8. The third-order valence-electron chi connectivity index (χ3n) is 7.26. The van der Waals surface area contributed by atoms with Gasteiger partial charge in [-0.05, 0) is 49.8 Å². The van der Waals surface area contributed by atoms with Crippen LogP contribution < -0.4 is 4.74 Å². The van der Waals surface area contributed by atoms with Crippen molar-refractivity contribution < 1.29 is 14.6 Å². The standard InChI is InChI=1S/C33H58O3/c1-3-5-7-9-11-12-14-16-19-25-31(34)26-20-17-21-28-33(35)36-32-27-22-24-30(29-32)23-18-15-13-10-8-6-4-2/h22,24,27,29,31,34H,3-21,23,25-26,28H2,1-2H3. The van der Waals surface area contributed by atoms with Crippen LogP contribution in [0.3, 0.4) is 0 Å². The maximum atomic E-state index is 12.2. The van der Waals surface area contributed by atoms with Gasteiger partial charge in [-0.25, -0.2) is 0 Å². The lowest BCUT2D eigenvalue weighted by atomic mass is 10.0. The predicted molar refractivity (Wildman–Crippen MR) is 155 cm³/mol. The van der Waals surface area contributed by atoms with Crippen molar-refractivity contribution in [1.82, 2.24) is 0 Å². The zero-order chi connectivity index (χ0) is 26.1. The van der Waals surface area contributed by atoms with Crippen molar-refractivity contribution in [3.8, 4) is 5.75 Å². The maximum absolute atomic E-state index is 12.2. The molecule has 0 spiro atoms. The summed E-state index contributed by atoms with van der Waals surface area (Å²) in [5, 5.41) is 10.2. The first-order valence-electron chi connectivity index (χ1n) is 15.6. The highest BCUT2D eigenvalue weighted by molar-refractivity contribution is 5.72. The van der Waals surface area contributed by atoms with Crippen LogP contribution in [-0.4, -0.2) is 17.2 Å². The van der Waals surface area contributed by atoms with Crippen molar-refractivity contribution in [2.75, 3.05) is 0 Å². The largest absolute Gasteiger partial charge is 0.427 e. The molecule has 36 heavy (non-hydrogen) atoms. The van der Waals surface area contributed by atoms with Crippen molar-refractivity contribution in [1.29, 1.82) is 0 Å². The summed E-state index contributed by atoms with van der Waals surface area (Å²) in [4.78, 5) is 12.2. The summed E-state index contributed by atoms with van der Waals surface area (Å²) in [6.45, 7) is 4.52. The Labute approximate surface area is 223 Å². The van der Waals surface area contributed by atoms with E-state index in [2.05, 4.69) is 19.9 Å². The van der Waals surface area contributed by atoms with Crippen LogP contribution >= 0.6 is 0 Å². The molecule has 0 fully saturated rings. The van der Waals surface area contributed by atoms with E-state index in [1.807, 2.05) is 18.2 Å². The Morgan fingerprint density at radius 3 is 1.78 bits per heavy atom. The zero-order valence-electron chi connectivity index (χ0n) is 23.9. The van der Waals surface area contributed by atoms with Gasteiger partial charge in [0.1, 0.15) is 5.75 Å². The number of esters is 1. The summed E-state index contributed by atoms with van der Waals surface area (Å²) in [5.41, 5.74) is 1.26. The molecule has 0 amide bonds. The quantitative estimate of drug-likeness (QED) is 0.0821. The summed E-state index contributed by atoms with van der Waals surface area (Å²) >= 11 is 0. The van der Waals surface area contributed by atoms with Gasteiger partial charge in [0, 0.05) is 6.42 Å². The van der Waals surface area contributed by atoms with E-state index in [1.54, 1.807) is 0 Å². The minimum absolute atomic E-state index is 0.140. The van der Waals surface area contributed by atoms with E-state index in [4.69, 9.17) is 4.74 Å². The van der Waals surface area contributed by atoms with Gasteiger partial charge in [-0.1, -0.05) is 135 Å². The maximum Gasteiger partial charge on any atom is 0.311 e. The highest BCUT2D eigenvalue weighted by Crippen LogP contribution is 2.18. The Morgan fingerprint density at radius 1 is 0.694 bits per heavy atom. The summed E-state index contributed by atoms with van der Waals surface area (Å²) in [5.74, 6) is 0.537. The molecule has 0 bridgehead atoms. The number of aryl methyl sites for hydroxylation is 1. The second kappa shape index (κ2) is 24.0. The molecule has 1 atom stereocenters. The third-order valence-corrected chi connectivity index (χ3v) is 7.26. The molecule has 3 heteroatoms. The molecular weight excluding hydrogens is 444 g/mol. The molecule has 0 radical (unpaired) electrons. The Hall–Kier alpha value is -1.35. The highest BCUT2D eigenvalue weighted by Gasteiger charge is 2.08. The molecule has 0 aromatic heterocycles. The van der Waals surface area contributed by atoms with Crippen LogP contribution in [-0.2, 0) is 11.2 Å². The molecule has 0 aliphatic heterocycles. The van der Waals surface area contributed by atoms with Crippen molar-refractivity contribution >= 4 is 5.97 Å². The van der Waals surface area contributed by atoms with E-state index in [9.17, 15) is 9.90 Å². The van der Waals surface area contributed by atoms with E-state index < -0.39 is 0 Å².